The number of fused-ring (bicyclic) bond motifs is 1. The molecule has 0 radical (unpaired) electrons. The van der Waals surface area contributed by atoms with Crippen molar-refractivity contribution in [1.82, 2.24) is 25.1 Å². The maximum Gasteiger partial charge on any atom is 0.338 e. The van der Waals surface area contributed by atoms with E-state index in [1.165, 1.54) is 0 Å². The third-order valence-corrected chi connectivity index (χ3v) is 8.08. The second-order valence-electron chi connectivity index (χ2n) is 11.0. The van der Waals surface area contributed by atoms with E-state index in [0.717, 1.165) is 16.7 Å². The molecule has 2 heterocycles. The molecule has 3 aromatic rings. The molecule has 5 rings (SSSR count). The normalized spacial score (nSPS) is 18.2. The summed E-state index contributed by atoms with van der Waals surface area (Å²) in [5.41, 5.74) is 3.41. The second kappa shape index (κ2) is 13.5. The van der Waals surface area contributed by atoms with Crippen LogP contribution in [0, 0.1) is 0 Å². The average molecular weight is 598 g/mol. The van der Waals surface area contributed by atoms with Gasteiger partial charge >= 0.3 is 6.03 Å². The Morgan fingerprint density at radius 2 is 1.57 bits per heavy atom. The van der Waals surface area contributed by atoms with Crippen LogP contribution in [-0.2, 0) is 29.0 Å². The number of carbonyl (C=O) groups is 3. The monoisotopic (exact) mass is 597 g/mol. The van der Waals surface area contributed by atoms with Crippen LogP contribution in [-0.4, -0.2) is 83.7 Å². The fraction of sp³-hybridized carbons (Fsp3) is 0.324. The molecule has 1 N–H and O–H groups in total. The van der Waals surface area contributed by atoms with Gasteiger partial charge in [-0.05, 0) is 42.2 Å². The molecule has 2 atom stereocenters. The maximum atomic E-state index is 14.1. The summed E-state index contributed by atoms with van der Waals surface area (Å²) in [6.45, 7) is 6.61. The van der Waals surface area contributed by atoms with Crippen LogP contribution in [0.2, 0.25) is 0 Å². The van der Waals surface area contributed by atoms with Crippen molar-refractivity contribution >= 4 is 17.8 Å². The van der Waals surface area contributed by atoms with Crippen LogP contribution in [0.5, 0.6) is 11.5 Å². The molecule has 0 aliphatic carbocycles. The lowest BCUT2D eigenvalue weighted by atomic mass is 9.98. The fourth-order valence-electron chi connectivity index (χ4n) is 5.84. The SMILES string of the molecule is C=C(C)N1CC(=O)N2[C@@H](Cc3ccccc3)C(=O)N(CCc3ccc(OC)c(OC)c3)C[C@@H]2N1C(=O)NCc1ccccc1. The van der Waals surface area contributed by atoms with Gasteiger partial charge in [-0.3, -0.25) is 14.6 Å². The van der Waals surface area contributed by atoms with Crippen molar-refractivity contribution in [3.05, 3.63) is 108 Å². The van der Waals surface area contributed by atoms with Crippen LogP contribution in [0.1, 0.15) is 23.6 Å². The summed E-state index contributed by atoms with van der Waals surface area (Å²) >= 11 is 0. The van der Waals surface area contributed by atoms with Gasteiger partial charge in [0, 0.05) is 25.2 Å². The predicted molar refractivity (Wildman–Crippen MR) is 166 cm³/mol. The van der Waals surface area contributed by atoms with Crippen LogP contribution in [0.25, 0.3) is 0 Å². The molecule has 4 amide bonds. The minimum atomic E-state index is -0.772. The summed E-state index contributed by atoms with van der Waals surface area (Å²) in [7, 11) is 3.17. The average Bonchev–Trinajstić information content (AvgIpc) is 3.04. The summed E-state index contributed by atoms with van der Waals surface area (Å²) in [5.74, 6) is 0.868. The summed E-state index contributed by atoms with van der Waals surface area (Å²) in [6.07, 6.45) is 0.164. The second-order valence-corrected chi connectivity index (χ2v) is 11.0. The van der Waals surface area contributed by atoms with E-state index in [2.05, 4.69) is 11.9 Å². The van der Waals surface area contributed by atoms with Gasteiger partial charge in [-0.1, -0.05) is 73.3 Å². The van der Waals surface area contributed by atoms with E-state index in [0.29, 0.717) is 43.1 Å². The number of ether oxygens (including phenoxy) is 2. The standard InChI is InChI=1S/C34H39N5O5/c1-24(2)37-23-32(40)38-28(19-25-11-7-5-8-12-25)33(41)36(18-17-26-15-16-29(43-3)30(20-26)44-4)22-31(38)39(37)34(42)35-21-27-13-9-6-10-14-27/h5-16,20,28,31H,1,17-19,21-23H2,2-4H3,(H,35,42)/t28-,31-/m0/s1. The van der Waals surface area contributed by atoms with Crippen LogP contribution >= 0.6 is 0 Å². The Hall–Kier alpha value is -4.99. The molecule has 0 spiro atoms. The van der Waals surface area contributed by atoms with Crippen molar-refractivity contribution in [3.8, 4) is 11.5 Å². The van der Waals surface area contributed by atoms with Gasteiger partial charge in [-0.15, -0.1) is 0 Å². The summed E-state index contributed by atoms with van der Waals surface area (Å²) in [4.78, 5) is 45.1. The zero-order chi connectivity index (χ0) is 31.2. The third-order valence-electron chi connectivity index (χ3n) is 8.08. The number of methoxy groups -OCH3 is 2. The number of nitrogens with one attached hydrogen (secondary N) is 1. The van der Waals surface area contributed by atoms with E-state index in [9.17, 15) is 14.4 Å². The highest BCUT2D eigenvalue weighted by atomic mass is 16.5. The molecular formula is C34H39N5O5. The lowest BCUT2D eigenvalue weighted by Crippen LogP contribution is -2.76. The van der Waals surface area contributed by atoms with E-state index in [-0.39, 0.29) is 30.9 Å². The molecule has 3 aromatic carbocycles. The molecule has 0 saturated carbocycles. The Morgan fingerprint density at radius 3 is 2.20 bits per heavy atom. The first-order valence-electron chi connectivity index (χ1n) is 14.7. The predicted octanol–water partition coefficient (Wildman–Crippen LogP) is 3.83. The van der Waals surface area contributed by atoms with E-state index in [1.54, 1.807) is 41.0 Å². The Labute approximate surface area is 258 Å². The largest absolute Gasteiger partial charge is 0.493 e. The molecular weight excluding hydrogens is 558 g/mol. The Balaban J connectivity index is 1.46. The molecule has 44 heavy (non-hydrogen) atoms. The molecule has 0 bridgehead atoms. The number of hydrogen-bond donors (Lipinski definition) is 1. The topological polar surface area (TPSA) is 94.7 Å². The number of amides is 4. The lowest BCUT2D eigenvalue weighted by Gasteiger charge is -2.55. The van der Waals surface area contributed by atoms with Gasteiger partial charge in [-0.25, -0.2) is 9.80 Å². The van der Waals surface area contributed by atoms with Crippen molar-refractivity contribution < 1.29 is 23.9 Å². The van der Waals surface area contributed by atoms with E-state index in [1.807, 2.05) is 78.9 Å². The zero-order valence-electron chi connectivity index (χ0n) is 25.4. The summed E-state index contributed by atoms with van der Waals surface area (Å²) in [5, 5.41) is 6.18. The third kappa shape index (κ3) is 6.49. The quantitative estimate of drug-likeness (QED) is 0.382. The van der Waals surface area contributed by atoms with E-state index < -0.39 is 12.2 Å². The molecule has 0 aromatic heterocycles. The van der Waals surface area contributed by atoms with Gasteiger partial charge in [0.1, 0.15) is 18.8 Å². The van der Waals surface area contributed by atoms with Gasteiger partial charge < -0.3 is 24.6 Å². The lowest BCUT2D eigenvalue weighted by molar-refractivity contribution is -0.185. The van der Waals surface area contributed by atoms with Gasteiger partial charge in [0.25, 0.3) is 0 Å². The molecule has 2 fully saturated rings. The number of carbonyl (C=O) groups excluding carboxylic acids is 3. The Kier molecular flexibility index (Phi) is 9.38. The number of rotatable bonds is 10. The number of piperazine rings is 1. The van der Waals surface area contributed by atoms with Gasteiger partial charge in [0.2, 0.25) is 11.8 Å². The maximum absolute atomic E-state index is 14.1. The number of urea groups is 1. The van der Waals surface area contributed by atoms with Crippen LogP contribution in [0.4, 0.5) is 4.79 Å². The Morgan fingerprint density at radius 1 is 0.909 bits per heavy atom. The molecule has 10 heteroatoms. The first kappa shape index (κ1) is 30.5. The van der Waals surface area contributed by atoms with E-state index in [4.69, 9.17) is 9.47 Å². The highest BCUT2D eigenvalue weighted by Crippen LogP contribution is 2.31. The molecule has 2 aliphatic heterocycles. The Bertz CT molecular complexity index is 1500. The summed E-state index contributed by atoms with van der Waals surface area (Å²) < 4.78 is 10.8. The van der Waals surface area contributed by atoms with E-state index >= 15 is 0 Å². The zero-order valence-corrected chi connectivity index (χ0v) is 25.4. The van der Waals surface area contributed by atoms with Crippen molar-refractivity contribution in [2.24, 2.45) is 0 Å². The number of allylic oxidation sites excluding steroid dienone is 1. The smallest absolute Gasteiger partial charge is 0.338 e. The minimum absolute atomic E-state index is 0.0885. The highest BCUT2D eigenvalue weighted by Gasteiger charge is 2.51. The minimum Gasteiger partial charge on any atom is -0.493 e. The molecule has 2 saturated heterocycles. The van der Waals surface area contributed by atoms with Crippen LogP contribution in [0.3, 0.4) is 0 Å². The fourth-order valence-corrected chi connectivity index (χ4v) is 5.84. The highest BCUT2D eigenvalue weighted by molar-refractivity contribution is 5.92. The number of nitrogens with zero attached hydrogens (tertiary/aromatic N) is 4. The number of hydrazine groups is 1. The van der Waals surface area contributed by atoms with Crippen LogP contribution in [0.15, 0.2) is 91.1 Å². The van der Waals surface area contributed by atoms with Crippen LogP contribution < -0.4 is 14.8 Å². The first-order valence-corrected chi connectivity index (χ1v) is 14.7. The number of hydrogen-bond acceptors (Lipinski definition) is 6. The van der Waals surface area contributed by atoms with Gasteiger partial charge in [-0.2, -0.15) is 0 Å². The molecule has 2 aliphatic rings. The molecule has 0 unspecified atom stereocenters. The van der Waals surface area contributed by atoms with Crippen molar-refractivity contribution in [1.29, 1.82) is 0 Å². The van der Waals surface area contributed by atoms with Crippen molar-refractivity contribution in [2.75, 3.05) is 33.9 Å². The first-order chi connectivity index (χ1) is 21.3. The molecule has 230 valence electrons. The van der Waals surface area contributed by atoms with Gasteiger partial charge in [0.15, 0.2) is 11.5 Å². The molecule has 10 nitrogen and oxygen atoms in total. The van der Waals surface area contributed by atoms with Crippen molar-refractivity contribution in [2.45, 2.75) is 38.5 Å². The van der Waals surface area contributed by atoms with Crippen molar-refractivity contribution in [3.63, 3.8) is 0 Å². The number of benzene rings is 3. The summed E-state index contributed by atoms with van der Waals surface area (Å²) in [6, 6.07) is 23.8. The van der Waals surface area contributed by atoms with Gasteiger partial charge in [0.05, 0.1) is 20.8 Å².